The Morgan fingerprint density at radius 3 is 2.31 bits per heavy atom. The number of aliphatic hydroxyl groups excluding tert-OH is 1. The monoisotopic (exact) mass is 238 g/mol. The van der Waals surface area contributed by atoms with Gasteiger partial charge in [-0.15, -0.1) is 0 Å². The molecule has 2 heteroatoms. The van der Waals surface area contributed by atoms with E-state index in [-0.39, 0.29) is 5.41 Å². The summed E-state index contributed by atoms with van der Waals surface area (Å²) < 4.78 is 0. The van der Waals surface area contributed by atoms with E-state index in [1.807, 2.05) is 19.1 Å². The first-order valence-corrected chi connectivity index (χ1v) is 6.15. The minimum absolute atomic E-state index is 0.265. The molecule has 0 amide bonds. The van der Waals surface area contributed by atoms with Gasteiger partial charge in [0.2, 0.25) is 0 Å². The third kappa shape index (κ3) is 1.99. The molecule has 1 aliphatic rings. The molecule has 0 spiro atoms. The van der Waals surface area contributed by atoms with E-state index in [1.54, 1.807) is 0 Å². The van der Waals surface area contributed by atoms with Gasteiger partial charge in [-0.1, -0.05) is 31.5 Å². The lowest BCUT2D eigenvalue weighted by atomic mass is 9.96. The van der Waals surface area contributed by atoms with Crippen LogP contribution in [0.4, 0.5) is 0 Å². The quantitative estimate of drug-likeness (QED) is 0.825. The summed E-state index contributed by atoms with van der Waals surface area (Å²) >= 11 is 6.20. The summed E-state index contributed by atoms with van der Waals surface area (Å²) in [6.45, 7) is 8.48. The van der Waals surface area contributed by atoms with Crippen LogP contribution in [0, 0.1) is 25.2 Å². The maximum atomic E-state index is 10.3. The van der Waals surface area contributed by atoms with Gasteiger partial charge in [-0.2, -0.15) is 0 Å². The molecular formula is C14H19ClO. The lowest BCUT2D eigenvalue weighted by Crippen LogP contribution is -2.06. The fraction of sp³-hybridized carbons (Fsp3) is 0.571. The molecule has 1 aliphatic carbocycles. The molecule has 0 heterocycles. The van der Waals surface area contributed by atoms with Crippen LogP contribution in [0.25, 0.3) is 0 Å². The first-order valence-electron chi connectivity index (χ1n) is 5.77. The molecule has 0 aromatic heterocycles. The molecule has 2 rings (SSSR count). The number of benzene rings is 1. The number of halogens is 1. The summed E-state index contributed by atoms with van der Waals surface area (Å²) in [7, 11) is 0. The van der Waals surface area contributed by atoms with Crippen LogP contribution in [0.2, 0.25) is 5.02 Å². The predicted molar refractivity (Wildman–Crippen MR) is 67.8 cm³/mol. The van der Waals surface area contributed by atoms with Crippen molar-refractivity contribution in [3.8, 4) is 0 Å². The van der Waals surface area contributed by atoms with Gasteiger partial charge in [-0.3, -0.25) is 0 Å². The van der Waals surface area contributed by atoms with Gasteiger partial charge >= 0.3 is 0 Å². The molecule has 1 nitrogen and oxygen atoms in total. The minimum atomic E-state index is -0.415. The lowest BCUT2D eigenvalue weighted by molar-refractivity contribution is 0.138. The Balaban J connectivity index is 2.31. The van der Waals surface area contributed by atoms with E-state index in [9.17, 15) is 5.11 Å². The van der Waals surface area contributed by atoms with E-state index < -0.39 is 6.10 Å². The minimum Gasteiger partial charge on any atom is -0.388 e. The summed E-state index contributed by atoms with van der Waals surface area (Å²) in [4.78, 5) is 0. The molecule has 1 aromatic carbocycles. The molecule has 88 valence electrons. The van der Waals surface area contributed by atoms with Crippen molar-refractivity contribution in [2.24, 2.45) is 11.3 Å². The molecule has 0 saturated heterocycles. The van der Waals surface area contributed by atoms with Gasteiger partial charge in [0.25, 0.3) is 0 Å². The zero-order chi connectivity index (χ0) is 12.1. The largest absolute Gasteiger partial charge is 0.388 e. The van der Waals surface area contributed by atoms with Crippen LogP contribution in [-0.4, -0.2) is 5.11 Å². The highest BCUT2D eigenvalue weighted by atomic mass is 35.5. The van der Waals surface area contributed by atoms with Crippen molar-refractivity contribution in [1.29, 1.82) is 0 Å². The zero-order valence-electron chi connectivity index (χ0n) is 10.3. The summed E-state index contributed by atoms with van der Waals surface area (Å²) in [6.07, 6.45) is 0.666. The Morgan fingerprint density at radius 1 is 1.31 bits per heavy atom. The second kappa shape index (κ2) is 3.75. The summed E-state index contributed by atoms with van der Waals surface area (Å²) in [5, 5.41) is 11.0. The average molecular weight is 239 g/mol. The highest BCUT2D eigenvalue weighted by molar-refractivity contribution is 6.31. The lowest BCUT2D eigenvalue weighted by Gasteiger charge is -2.16. The molecule has 0 radical (unpaired) electrons. The molecule has 2 atom stereocenters. The number of hydrogen-bond acceptors (Lipinski definition) is 1. The molecule has 16 heavy (non-hydrogen) atoms. The van der Waals surface area contributed by atoms with Gasteiger partial charge < -0.3 is 5.11 Å². The number of rotatable bonds is 2. The standard InChI is InChI=1S/C14H19ClO/c1-8-5-10(12(15)6-9(8)2)13(16)11-7-14(11,3)4/h5-6,11,13,16H,7H2,1-4H3. The second-order valence-corrected chi connectivity index (χ2v) is 6.11. The van der Waals surface area contributed by atoms with Crippen molar-refractivity contribution < 1.29 is 5.11 Å². The maximum absolute atomic E-state index is 10.3. The molecule has 0 bridgehead atoms. The smallest absolute Gasteiger partial charge is 0.0837 e. The van der Waals surface area contributed by atoms with Gasteiger partial charge in [0.1, 0.15) is 0 Å². The van der Waals surface area contributed by atoms with Crippen LogP contribution in [0.5, 0.6) is 0 Å². The van der Waals surface area contributed by atoms with E-state index >= 15 is 0 Å². The van der Waals surface area contributed by atoms with Crippen LogP contribution in [0.1, 0.15) is 43.1 Å². The molecule has 1 N–H and O–H groups in total. The second-order valence-electron chi connectivity index (χ2n) is 5.70. The Morgan fingerprint density at radius 2 is 1.81 bits per heavy atom. The Hall–Kier alpha value is -0.530. The predicted octanol–water partition coefficient (Wildman–Crippen LogP) is 4.04. The highest BCUT2D eigenvalue weighted by Crippen LogP contribution is 2.58. The maximum Gasteiger partial charge on any atom is 0.0837 e. The van der Waals surface area contributed by atoms with Crippen molar-refractivity contribution in [2.45, 2.75) is 40.2 Å². The number of hydrogen-bond donors (Lipinski definition) is 1. The van der Waals surface area contributed by atoms with Crippen molar-refractivity contribution in [3.63, 3.8) is 0 Å². The molecule has 1 saturated carbocycles. The molecule has 1 aromatic rings. The normalized spacial score (nSPS) is 24.2. The van der Waals surface area contributed by atoms with Gasteiger partial charge in [0.05, 0.1) is 6.10 Å². The van der Waals surface area contributed by atoms with Crippen molar-refractivity contribution >= 4 is 11.6 Å². The number of aryl methyl sites for hydroxylation is 2. The van der Waals surface area contributed by atoms with Gasteiger partial charge in [-0.25, -0.2) is 0 Å². The van der Waals surface area contributed by atoms with Crippen molar-refractivity contribution in [3.05, 3.63) is 33.8 Å². The zero-order valence-corrected chi connectivity index (χ0v) is 11.1. The third-order valence-electron chi connectivity index (χ3n) is 3.90. The van der Waals surface area contributed by atoms with E-state index in [1.165, 1.54) is 11.1 Å². The molecule has 2 unspecified atom stereocenters. The van der Waals surface area contributed by atoms with Gasteiger partial charge in [-0.05, 0) is 54.4 Å². The Labute approximate surface area is 102 Å². The fourth-order valence-electron chi connectivity index (χ4n) is 2.29. The van der Waals surface area contributed by atoms with E-state index in [0.717, 1.165) is 12.0 Å². The Bertz CT molecular complexity index is 423. The summed E-state index contributed by atoms with van der Waals surface area (Å²) in [5.41, 5.74) is 3.52. The van der Waals surface area contributed by atoms with Crippen molar-refractivity contribution in [1.82, 2.24) is 0 Å². The SMILES string of the molecule is Cc1cc(Cl)c(C(O)C2CC2(C)C)cc1C. The van der Waals surface area contributed by atoms with Crippen LogP contribution >= 0.6 is 11.6 Å². The average Bonchev–Trinajstić information content (AvgIpc) is 2.80. The molecule has 1 fully saturated rings. The summed E-state index contributed by atoms with van der Waals surface area (Å²) in [5.74, 6) is 0.354. The van der Waals surface area contributed by atoms with Crippen LogP contribution < -0.4 is 0 Å². The molecule has 0 aliphatic heterocycles. The van der Waals surface area contributed by atoms with Gasteiger partial charge in [0, 0.05) is 5.02 Å². The fourth-order valence-corrected chi connectivity index (χ4v) is 2.62. The third-order valence-corrected chi connectivity index (χ3v) is 4.23. The van der Waals surface area contributed by atoms with Crippen LogP contribution in [-0.2, 0) is 0 Å². The molecular weight excluding hydrogens is 220 g/mol. The van der Waals surface area contributed by atoms with Gasteiger partial charge in [0.15, 0.2) is 0 Å². The topological polar surface area (TPSA) is 20.2 Å². The van der Waals surface area contributed by atoms with Crippen LogP contribution in [0.15, 0.2) is 12.1 Å². The van der Waals surface area contributed by atoms with Crippen LogP contribution in [0.3, 0.4) is 0 Å². The first kappa shape index (κ1) is 11.9. The van der Waals surface area contributed by atoms with E-state index in [4.69, 9.17) is 11.6 Å². The Kier molecular flexibility index (Phi) is 2.80. The van der Waals surface area contributed by atoms with Crippen molar-refractivity contribution in [2.75, 3.05) is 0 Å². The summed E-state index contributed by atoms with van der Waals surface area (Å²) in [6, 6.07) is 3.97. The number of aliphatic hydroxyl groups is 1. The first-order chi connectivity index (χ1) is 7.33. The highest BCUT2D eigenvalue weighted by Gasteiger charge is 2.50. The van der Waals surface area contributed by atoms with E-state index in [2.05, 4.69) is 20.8 Å². The van der Waals surface area contributed by atoms with E-state index in [0.29, 0.717) is 10.9 Å².